The molecule has 0 radical (unpaired) electrons. The number of carbonyl (C=O) groups is 2. The van der Waals surface area contributed by atoms with Crippen LogP contribution in [-0.4, -0.2) is 90.2 Å². The quantitative estimate of drug-likeness (QED) is 0.142. The van der Waals surface area contributed by atoms with Crippen LogP contribution in [0.5, 0.6) is 0 Å². The molecule has 19 heteroatoms. The lowest BCUT2D eigenvalue weighted by molar-refractivity contribution is -0.137. The molecule has 5 rings (SSSR count). The third kappa shape index (κ3) is 8.80. The van der Waals surface area contributed by atoms with Gasteiger partial charge >= 0.3 is 12.1 Å². The maximum Gasteiger partial charge on any atom is 0.417 e. The Kier molecular flexibility index (Phi) is 11.3. The first-order chi connectivity index (χ1) is 24.1. The topological polar surface area (TPSA) is 201 Å². The van der Waals surface area contributed by atoms with Crippen molar-refractivity contribution in [2.45, 2.75) is 49.2 Å². The van der Waals surface area contributed by atoms with Crippen molar-refractivity contribution in [3.05, 3.63) is 70.6 Å². The van der Waals surface area contributed by atoms with Crippen LogP contribution in [0, 0.1) is 0 Å². The number of nitrogens with two attached hydrogens (primary N) is 2. The molecule has 2 saturated heterocycles. The molecule has 4 heterocycles. The highest BCUT2D eigenvalue weighted by atomic mass is 35.5. The van der Waals surface area contributed by atoms with Crippen LogP contribution in [0.15, 0.2) is 58.5 Å². The number of aliphatic imine (C=N–C) groups is 1. The van der Waals surface area contributed by atoms with Gasteiger partial charge in [-0.25, -0.2) is 18.4 Å². The second kappa shape index (κ2) is 15.3. The number of hydrogen-bond donors (Lipinski definition) is 5. The largest absolute Gasteiger partial charge is 0.417 e. The molecule has 2 fully saturated rings. The number of rotatable bonds is 11. The number of anilines is 3. The number of pyridine rings is 2. The van der Waals surface area contributed by atoms with Gasteiger partial charge in [-0.05, 0) is 62.1 Å². The zero-order valence-electron chi connectivity index (χ0n) is 27.6. The molecule has 2 amide bonds. The van der Waals surface area contributed by atoms with Crippen LogP contribution < -0.4 is 27.4 Å². The number of hydrogen-bond acceptors (Lipinski definition) is 9. The number of amides is 2. The molecule has 0 atom stereocenters. The summed E-state index contributed by atoms with van der Waals surface area (Å²) in [5, 5.41) is 9.21. The average molecular weight is 751 g/mol. The fourth-order valence-corrected chi connectivity index (χ4v) is 7.56. The van der Waals surface area contributed by atoms with Crippen molar-refractivity contribution < 1.29 is 31.2 Å². The molecular formula is C32H38ClF3N10O4S. The van der Waals surface area contributed by atoms with Crippen LogP contribution in [0.4, 0.5) is 30.4 Å². The fourth-order valence-electron chi connectivity index (χ4n) is 5.81. The summed E-state index contributed by atoms with van der Waals surface area (Å²) in [6, 6.07) is 9.42. The number of sulfonamides is 1. The maximum absolute atomic E-state index is 13.7. The minimum Gasteiger partial charge on any atom is -0.397 e. The number of halogens is 4. The Labute approximate surface area is 297 Å². The SMILES string of the molecule is CCCN(CCCNc1ccc(C(F)(F)F)cn1)S(=O)(=O)c1cccc(C(=O)N2CCC3(CC2)CN/C(=N\C(=O)c2nc(Cl)c(N)cc2N)N3)c1. The van der Waals surface area contributed by atoms with Crippen molar-refractivity contribution in [3.63, 3.8) is 0 Å². The van der Waals surface area contributed by atoms with Crippen LogP contribution in [-0.2, 0) is 16.2 Å². The van der Waals surface area contributed by atoms with Crippen LogP contribution in [0.25, 0.3) is 0 Å². The molecule has 3 aromatic rings. The zero-order valence-corrected chi connectivity index (χ0v) is 29.2. The summed E-state index contributed by atoms with van der Waals surface area (Å²) in [4.78, 5) is 39.7. The summed E-state index contributed by atoms with van der Waals surface area (Å²) in [6.07, 6.45) is -1.78. The van der Waals surface area contributed by atoms with Gasteiger partial charge in [0.15, 0.2) is 16.8 Å². The summed E-state index contributed by atoms with van der Waals surface area (Å²) in [5.41, 5.74) is 10.5. The Morgan fingerprint density at radius 3 is 2.53 bits per heavy atom. The van der Waals surface area contributed by atoms with E-state index in [0.29, 0.717) is 45.3 Å². The average Bonchev–Trinajstić information content (AvgIpc) is 3.48. The standard InChI is InChI=1S/C32H38ClF3N10O4S/c1-2-12-46(13-4-11-39-25-8-7-21(18-40-25)32(34,35)36)51(49,50)22-6-3-5-20(16-22)29(48)45-14-9-31(10-15-45)19-41-30(44-31)43-28(47)26-23(37)17-24(38)27(33)42-26/h3,5-8,16-18H,2,4,9-15,19,37-38H2,1H3,(H,39,40)(H2,41,43,44,47). The second-order valence-electron chi connectivity index (χ2n) is 12.3. The minimum absolute atomic E-state index is 0.0164. The van der Waals surface area contributed by atoms with Crippen LogP contribution >= 0.6 is 11.6 Å². The van der Waals surface area contributed by atoms with Gasteiger partial charge in [-0.2, -0.15) is 22.5 Å². The number of nitrogen functional groups attached to an aromatic ring is 2. The van der Waals surface area contributed by atoms with E-state index in [0.717, 1.165) is 12.3 Å². The molecule has 0 unspecified atom stereocenters. The monoisotopic (exact) mass is 750 g/mol. The number of aromatic nitrogens is 2. The van der Waals surface area contributed by atoms with E-state index >= 15 is 0 Å². The molecule has 1 aromatic carbocycles. The number of piperidine rings is 1. The molecular weight excluding hydrogens is 713 g/mol. The predicted octanol–water partition coefficient (Wildman–Crippen LogP) is 3.58. The van der Waals surface area contributed by atoms with Gasteiger partial charge in [0.2, 0.25) is 10.0 Å². The highest BCUT2D eigenvalue weighted by Gasteiger charge is 2.41. The van der Waals surface area contributed by atoms with E-state index in [4.69, 9.17) is 23.1 Å². The highest BCUT2D eigenvalue weighted by molar-refractivity contribution is 7.89. The molecule has 14 nitrogen and oxygen atoms in total. The molecule has 0 saturated carbocycles. The normalized spacial score (nSPS) is 16.7. The molecule has 0 aliphatic carbocycles. The van der Waals surface area contributed by atoms with Crippen molar-refractivity contribution in [1.82, 2.24) is 29.8 Å². The number of carbonyl (C=O) groups excluding carboxylic acids is 2. The number of guanidine groups is 1. The first-order valence-electron chi connectivity index (χ1n) is 16.1. The summed E-state index contributed by atoms with van der Waals surface area (Å²) < 4.78 is 67.1. The van der Waals surface area contributed by atoms with Crippen LogP contribution in [0.1, 0.15) is 59.0 Å². The number of nitrogens with zero attached hydrogens (tertiary/aromatic N) is 5. The third-order valence-electron chi connectivity index (χ3n) is 8.61. The lowest BCUT2D eigenvalue weighted by Gasteiger charge is -2.38. The van der Waals surface area contributed by atoms with Crippen molar-refractivity contribution in [2.75, 3.05) is 56.1 Å². The number of nitrogens with one attached hydrogen (secondary N) is 3. The lowest BCUT2D eigenvalue weighted by atomic mass is 9.88. The smallest absolute Gasteiger partial charge is 0.397 e. The molecule has 1 spiro atoms. The van der Waals surface area contributed by atoms with E-state index in [1.165, 1.54) is 34.6 Å². The molecule has 2 aliphatic heterocycles. The Bertz CT molecular complexity index is 1900. The Hall–Kier alpha value is -4.68. The van der Waals surface area contributed by atoms with Gasteiger partial charge in [0.25, 0.3) is 5.91 Å². The van der Waals surface area contributed by atoms with E-state index in [1.807, 2.05) is 6.92 Å². The van der Waals surface area contributed by atoms with Gasteiger partial charge < -0.3 is 32.3 Å². The number of likely N-dealkylation sites (tertiary alicyclic amines) is 1. The molecule has 0 bridgehead atoms. The molecule has 51 heavy (non-hydrogen) atoms. The molecule has 7 N–H and O–H groups in total. The first kappa shape index (κ1) is 37.6. The van der Waals surface area contributed by atoms with E-state index in [9.17, 15) is 31.2 Å². The van der Waals surface area contributed by atoms with Crippen LogP contribution in [0.2, 0.25) is 5.15 Å². The van der Waals surface area contributed by atoms with Gasteiger partial charge in [-0.3, -0.25) is 9.59 Å². The van der Waals surface area contributed by atoms with Crippen molar-refractivity contribution >= 4 is 56.6 Å². The lowest BCUT2D eigenvalue weighted by Crippen LogP contribution is -2.53. The van der Waals surface area contributed by atoms with Gasteiger partial charge in [0, 0.05) is 51.0 Å². The van der Waals surface area contributed by atoms with Crippen molar-refractivity contribution in [3.8, 4) is 0 Å². The Morgan fingerprint density at radius 1 is 1.12 bits per heavy atom. The van der Waals surface area contributed by atoms with Crippen molar-refractivity contribution in [1.29, 1.82) is 0 Å². The molecule has 274 valence electrons. The maximum atomic E-state index is 13.7. The summed E-state index contributed by atoms with van der Waals surface area (Å²) in [7, 11) is -3.97. The van der Waals surface area contributed by atoms with Crippen molar-refractivity contribution in [2.24, 2.45) is 4.99 Å². The van der Waals surface area contributed by atoms with E-state index < -0.39 is 33.2 Å². The predicted molar refractivity (Wildman–Crippen MR) is 187 cm³/mol. The van der Waals surface area contributed by atoms with Crippen LogP contribution in [0.3, 0.4) is 0 Å². The minimum atomic E-state index is -4.49. The number of benzene rings is 1. The number of alkyl halides is 3. The van der Waals surface area contributed by atoms with E-state index in [1.54, 1.807) is 11.0 Å². The summed E-state index contributed by atoms with van der Waals surface area (Å²) in [5.74, 6) is -0.521. The Morgan fingerprint density at radius 2 is 1.86 bits per heavy atom. The summed E-state index contributed by atoms with van der Waals surface area (Å²) in [6.45, 7) is 3.71. The fraction of sp³-hybridized carbons (Fsp3) is 0.406. The van der Waals surface area contributed by atoms with Gasteiger partial charge in [-0.1, -0.05) is 24.6 Å². The zero-order chi connectivity index (χ0) is 37.0. The van der Waals surface area contributed by atoms with Gasteiger partial charge in [0.1, 0.15) is 5.82 Å². The summed E-state index contributed by atoms with van der Waals surface area (Å²) >= 11 is 5.94. The van der Waals surface area contributed by atoms with Gasteiger partial charge in [-0.15, -0.1) is 0 Å². The third-order valence-corrected chi connectivity index (χ3v) is 10.8. The highest BCUT2D eigenvalue weighted by Crippen LogP contribution is 2.29. The molecule has 2 aliphatic rings. The van der Waals surface area contributed by atoms with E-state index in [-0.39, 0.29) is 70.0 Å². The Balaban J connectivity index is 1.17. The molecule has 2 aromatic heterocycles. The second-order valence-corrected chi connectivity index (χ2v) is 14.6. The first-order valence-corrected chi connectivity index (χ1v) is 18.0. The van der Waals surface area contributed by atoms with E-state index in [2.05, 4.69) is 30.9 Å². The van der Waals surface area contributed by atoms with Gasteiger partial charge in [0.05, 0.1) is 27.4 Å².